The Kier molecular flexibility index (Phi) is 10.9. The lowest BCUT2D eigenvalue weighted by Gasteiger charge is -2.32. The minimum absolute atomic E-state index is 0.0141. The summed E-state index contributed by atoms with van der Waals surface area (Å²) in [5.41, 5.74) is 0.433. The Morgan fingerprint density at radius 1 is 0.897 bits per heavy atom. The molecule has 0 bridgehead atoms. The van der Waals surface area contributed by atoms with Crippen LogP contribution in [0, 0.1) is 0 Å². The van der Waals surface area contributed by atoms with E-state index in [0.29, 0.717) is 28.6 Å². The normalized spacial score (nSPS) is 12.1. The first kappa shape index (κ1) is 31.0. The van der Waals surface area contributed by atoms with Crippen LogP contribution >= 0.6 is 46.4 Å². The highest BCUT2D eigenvalue weighted by molar-refractivity contribution is 7.92. The quantitative estimate of drug-likeness (QED) is 0.264. The minimum Gasteiger partial charge on any atom is -0.354 e. The van der Waals surface area contributed by atoms with Crippen molar-refractivity contribution in [2.75, 3.05) is 17.4 Å². The number of hydrogen-bond donors (Lipinski definition) is 1. The number of carbonyl (C=O) groups is 2. The van der Waals surface area contributed by atoms with E-state index in [0.717, 1.165) is 4.31 Å². The lowest BCUT2D eigenvalue weighted by Crippen LogP contribution is -2.51. The second-order valence-electron chi connectivity index (χ2n) is 8.61. The van der Waals surface area contributed by atoms with Gasteiger partial charge in [0.1, 0.15) is 12.6 Å². The average molecular weight is 631 g/mol. The SMILES string of the molecule is CCCNC(=O)[C@@H](C)N(Cc1c(Cl)cccc1Cl)C(=O)CN(c1cc(Cl)ccc1Cl)S(=O)(=O)c1ccccc1. The van der Waals surface area contributed by atoms with Crippen LogP contribution in [0.2, 0.25) is 20.1 Å². The number of nitrogens with zero attached hydrogens (tertiary/aromatic N) is 2. The second-order valence-corrected chi connectivity index (χ2v) is 12.1. The molecule has 0 aliphatic heterocycles. The fourth-order valence-corrected chi connectivity index (χ4v) is 6.14. The molecule has 208 valence electrons. The first-order valence-electron chi connectivity index (χ1n) is 12.0. The largest absolute Gasteiger partial charge is 0.354 e. The van der Waals surface area contributed by atoms with Crippen LogP contribution in [0.4, 0.5) is 5.69 Å². The summed E-state index contributed by atoms with van der Waals surface area (Å²) in [5.74, 6) is -1.09. The lowest BCUT2D eigenvalue weighted by molar-refractivity contribution is -0.139. The molecule has 0 saturated heterocycles. The third kappa shape index (κ3) is 7.58. The van der Waals surface area contributed by atoms with Gasteiger partial charge in [0.2, 0.25) is 11.8 Å². The molecule has 0 saturated carbocycles. The van der Waals surface area contributed by atoms with E-state index in [-0.39, 0.29) is 27.2 Å². The van der Waals surface area contributed by atoms with Crippen LogP contribution in [0.3, 0.4) is 0 Å². The van der Waals surface area contributed by atoms with Crippen molar-refractivity contribution in [3.8, 4) is 0 Å². The maximum atomic E-state index is 13.9. The van der Waals surface area contributed by atoms with Gasteiger partial charge in [-0.25, -0.2) is 8.42 Å². The summed E-state index contributed by atoms with van der Waals surface area (Å²) in [7, 11) is -4.28. The van der Waals surface area contributed by atoms with Gasteiger partial charge in [-0.05, 0) is 55.8 Å². The van der Waals surface area contributed by atoms with Crippen molar-refractivity contribution in [2.45, 2.75) is 37.8 Å². The zero-order chi connectivity index (χ0) is 28.7. The number of rotatable bonds is 11. The van der Waals surface area contributed by atoms with Crippen LogP contribution in [0.1, 0.15) is 25.8 Å². The zero-order valence-corrected chi connectivity index (χ0v) is 25.0. The average Bonchev–Trinajstić information content (AvgIpc) is 2.91. The first-order valence-corrected chi connectivity index (χ1v) is 15.0. The van der Waals surface area contributed by atoms with Gasteiger partial charge < -0.3 is 10.2 Å². The van der Waals surface area contributed by atoms with E-state index in [4.69, 9.17) is 46.4 Å². The van der Waals surface area contributed by atoms with Crippen molar-refractivity contribution in [3.05, 3.63) is 92.4 Å². The Morgan fingerprint density at radius 2 is 1.54 bits per heavy atom. The Hall–Kier alpha value is -2.49. The predicted molar refractivity (Wildman–Crippen MR) is 157 cm³/mol. The molecule has 0 unspecified atom stereocenters. The molecule has 0 radical (unpaired) electrons. The van der Waals surface area contributed by atoms with Crippen molar-refractivity contribution in [2.24, 2.45) is 0 Å². The second kappa shape index (κ2) is 13.7. The van der Waals surface area contributed by atoms with Gasteiger partial charge in [0.05, 0.1) is 15.6 Å². The van der Waals surface area contributed by atoms with Gasteiger partial charge in [-0.2, -0.15) is 0 Å². The molecule has 12 heteroatoms. The number of carbonyl (C=O) groups excluding carboxylic acids is 2. The Balaban J connectivity index is 2.09. The highest BCUT2D eigenvalue weighted by Gasteiger charge is 2.34. The molecule has 39 heavy (non-hydrogen) atoms. The highest BCUT2D eigenvalue weighted by atomic mass is 35.5. The van der Waals surface area contributed by atoms with Crippen LogP contribution in [0.15, 0.2) is 71.6 Å². The third-order valence-corrected chi connectivity index (χ3v) is 8.93. The summed E-state index contributed by atoms with van der Waals surface area (Å²) in [6.07, 6.45) is 0.694. The van der Waals surface area contributed by atoms with Crippen molar-refractivity contribution >= 4 is 73.9 Å². The number of halogens is 4. The molecule has 0 aliphatic rings. The molecule has 0 heterocycles. The Labute approximate surface area is 248 Å². The standard InChI is InChI=1S/C27H27Cl4N3O4S/c1-3-14-32-27(36)18(2)33(16-21-22(29)10-7-11-23(21)30)26(35)17-34(25-15-19(28)12-13-24(25)31)39(37,38)20-8-5-4-6-9-20/h4-13,15,18H,3,14,16-17H2,1-2H3,(H,32,36)/t18-/m1/s1. The number of hydrogen-bond acceptors (Lipinski definition) is 4. The fourth-order valence-electron chi connectivity index (χ4n) is 3.74. The van der Waals surface area contributed by atoms with E-state index in [1.807, 2.05) is 6.92 Å². The predicted octanol–water partition coefficient (Wildman–Crippen LogP) is 6.44. The van der Waals surface area contributed by atoms with Crippen LogP contribution in [-0.2, 0) is 26.2 Å². The van der Waals surface area contributed by atoms with Crippen molar-refractivity contribution < 1.29 is 18.0 Å². The summed E-state index contributed by atoms with van der Waals surface area (Å²) in [5, 5.41) is 3.66. The molecule has 3 rings (SSSR count). The van der Waals surface area contributed by atoms with Crippen molar-refractivity contribution in [3.63, 3.8) is 0 Å². The van der Waals surface area contributed by atoms with Crippen molar-refractivity contribution in [1.29, 1.82) is 0 Å². The highest BCUT2D eigenvalue weighted by Crippen LogP contribution is 2.33. The number of benzene rings is 3. The molecule has 0 spiro atoms. The molecular weight excluding hydrogens is 604 g/mol. The molecule has 0 aliphatic carbocycles. The lowest BCUT2D eigenvalue weighted by atomic mass is 10.1. The molecule has 3 aromatic rings. The molecular formula is C27H27Cl4N3O4S. The van der Waals surface area contributed by atoms with E-state index in [1.165, 1.54) is 35.2 Å². The molecule has 7 nitrogen and oxygen atoms in total. The number of nitrogens with one attached hydrogen (secondary N) is 1. The van der Waals surface area contributed by atoms with Crippen LogP contribution in [0.5, 0.6) is 0 Å². The maximum Gasteiger partial charge on any atom is 0.264 e. The third-order valence-electron chi connectivity index (χ3n) is 5.89. The van der Waals surface area contributed by atoms with E-state index in [2.05, 4.69) is 5.32 Å². The molecule has 3 aromatic carbocycles. The zero-order valence-electron chi connectivity index (χ0n) is 21.2. The van der Waals surface area contributed by atoms with E-state index in [9.17, 15) is 18.0 Å². The molecule has 1 atom stereocenters. The van der Waals surface area contributed by atoms with Gasteiger partial charge in [-0.15, -0.1) is 0 Å². The van der Waals surface area contributed by atoms with Crippen LogP contribution in [0.25, 0.3) is 0 Å². The number of sulfonamides is 1. The monoisotopic (exact) mass is 629 g/mol. The van der Waals surface area contributed by atoms with E-state index in [1.54, 1.807) is 43.3 Å². The van der Waals surface area contributed by atoms with Gasteiger partial charge in [0, 0.05) is 33.7 Å². The summed E-state index contributed by atoms with van der Waals surface area (Å²) in [6.45, 7) is 3.05. The van der Waals surface area contributed by atoms with Gasteiger partial charge in [0.25, 0.3) is 10.0 Å². The van der Waals surface area contributed by atoms with Crippen LogP contribution < -0.4 is 9.62 Å². The van der Waals surface area contributed by atoms with Gasteiger partial charge in [0.15, 0.2) is 0 Å². The van der Waals surface area contributed by atoms with Gasteiger partial charge >= 0.3 is 0 Å². The van der Waals surface area contributed by atoms with Gasteiger partial charge in [-0.3, -0.25) is 13.9 Å². The summed E-state index contributed by atoms with van der Waals surface area (Å²) in [4.78, 5) is 28.1. The summed E-state index contributed by atoms with van der Waals surface area (Å²) >= 11 is 25.3. The summed E-state index contributed by atoms with van der Waals surface area (Å²) < 4.78 is 28.5. The van der Waals surface area contributed by atoms with E-state index < -0.39 is 34.4 Å². The number of amides is 2. The van der Waals surface area contributed by atoms with Crippen LogP contribution in [-0.4, -0.2) is 44.3 Å². The topological polar surface area (TPSA) is 86.8 Å². The molecule has 1 N–H and O–H groups in total. The first-order chi connectivity index (χ1) is 18.5. The molecule has 0 aromatic heterocycles. The smallest absolute Gasteiger partial charge is 0.264 e. The fraction of sp³-hybridized carbons (Fsp3) is 0.259. The number of anilines is 1. The van der Waals surface area contributed by atoms with Gasteiger partial charge in [-0.1, -0.05) is 77.6 Å². The molecule has 0 fully saturated rings. The Bertz CT molecular complexity index is 1420. The summed E-state index contributed by atoms with van der Waals surface area (Å²) in [6, 6.07) is 15.9. The van der Waals surface area contributed by atoms with E-state index >= 15 is 0 Å². The molecule has 2 amide bonds. The van der Waals surface area contributed by atoms with Crippen molar-refractivity contribution in [1.82, 2.24) is 10.2 Å². The maximum absolute atomic E-state index is 13.9. The Morgan fingerprint density at radius 3 is 2.15 bits per heavy atom. The minimum atomic E-state index is -4.28.